The van der Waals surface area contributed by atoms with Crippen LogP contribution in [-0.2, 0) is 11.3 Å². The second-order valence-electron chi connectivity index (χ2n) is 11.8. The molecule has 4 heterocycles. The van der Waals surface area contributed by atoms with Crippen LogP contribution in [0.1, 0.15) is 29.2 Å². The molecule has 1 amide bonds. The number of hydrogen-bond donors (Lipinski definition) is 4. The van der Waals surface area contributed by atoms with Gasteiger partial charge in [0.15, 0.2) is 0 Å². The largest absolute Gasteiger partial charge is 0.445 e. The molecule has 0 spiro atoms. The van der Waals surface area contributed by atoms with E-state index in [-0.39, 0.29) is 29.3 Å². The fourth-order valence-electron chi connectivity index (χ4n) is 5.97. The van der Waals surface area contributed by atoms with Crippen LogP contribution in [0.25, 0.3) is 10.9 Å². The van der Waals surface area contributed by atoms with Gasteiger partial charge in [-0.1, -0.05) is 59.6 Å². The van der Waals surface area contributed by atoms with Gasteiger partial charge in [0.25, 0.3) is 0 Å². The number of pyridine rings is 2. The van der Waals surface area contributed by atoms with Crippen LogP contribution in [0.4, 0.5) is 26.2 Å². The highest BCUT2D eigenvalue weighted by Crippen LogP contribution is 2.37. The van der Waals surface area contributed by atoms with Gasteiger partial charge in [0.2, 0.25) is 0 Å². The normalized spacial score (nSPS) is 16.0. The van der Waals surface area contributed by atoms with Crippen molar-refractivity contribution in [2.75, 3.05) is 23.7 Å². The molecule has 252 valence electrons. The zero-order valence-electron chi connectivity index (χ0n) is 26.4. The Morgan fingerprint density at radius 1 is 1.08 bits per heavy atom. The molecule has 0 bridgehead atoms. The van der Waals surface area contributed by atoms with Crippen LogP contribution >= 0.6 is 23.2 Å². The monoisotopic (exact) mass is 709 g/mol. The molecule has 14 heteroatoms. The molecule has 2 atom stereocenters. The van der Waals surface area contributed by atoms with Crippen LogP contribution in [0.15, 0.2) is 103 Å². The molecular formula is C36H30Cl2FN9O2. The van der Waals surface area contributed by atoms with E-state index in [1.165, 1.54) is 24.4 Å². The Labute approximate surface area is 297 Å². The third kappa shape index (κ3) is 7.06. The highest BCUT2D eigenvalue weighted by molar-refractivity contribution is 6.36. The zero-order chi connectivity index (χ0) is 34.6. The minimum Gasteiger partial charge on any atom is -0.445 e. The van der Waals surface area contributed by atoms with E-state index in [2.05, 4.69) is 37.6 Å². The fraction of sp³-hybridized carbons (Fsp3) is 0.167. The number of carbonyl (C=O) groups excluding carboxylic acids is 1. The van der Waals surface area contributed by atoms with Gasteiger partial charge in [-0.25, -0.2) is 9.18 Å². The molecule has 0 aliphatic carbocycles. The smallest absolute Gasteiger partial charge is 0.410 e. The van der Waals surface area contributed by atoms with Gasteiger partial charge >= 0.3 is 6.09 Å². The number of amides is 1. The summed E-state index contributed by atoms with van der Waals surface area (Å²) in [7, 11) is 0. The fourth-order valence-corrected chi connectivity index (χ4v) is 6.42. The third-order valence-electron chi connectivity index (χ3n) is 8.50. The van der Waals surface area contributed by atoms with Crippen molar-refractivity contribution in [2.45, 2.75) is 25.1 Å². The lowest BCUT2D eigenvalue weighted by molar-refractivity contribution is 0.1000. The topological polar surface area (TPSA) is 130 Å². The maximum absolute atomic E-state index is 13.9. The molecule has 4 N–H and O–H groups in total. The Bertz CT molecular complexity index is 2110. The molecule has 0 saturated carbocycles. The van der Waals surface area contributed by atoms with Crippen LogP contribution in [0.2, 0.25) is 10.0 Å². The first kappa shape index (κ1) is 32.9. The Morgan fingerprint density at radius 3 is 2.70 bits per heavy atom. The Hall–Kier alpha value is -5.61. The molecule has 2 aliphatic heterocycles. The molecule has 2 aromatic heterocycles. The Balaban J connectivity index is 1.13. The van der Waals surface area contributed by atoms with Crippen molar-refractivity contribution in [1.29, 1.82) is 5.26 Å². The number of nitrogens with one attached hydrogen (secondary N) is 4. The van der Waals surface area contributed by atoms with Gasteiger partial charge in [-0.05, 0) is 53.9 Å². The molecule has 1 saturated heterocycles. The first-order chi connectivity index (χ1) is 24.4. The summed E-state index contributed by atoms with van der Waals surface area (Å²) in [6.07, 6.45) is 7.28. The standard InChI is InChI=1S/C36H30Cl2FN9O2/c37-29-14-25(8-9-31(29)39)43-33-24(16-40)18-42-35-28(33)13-26(15-30(35)38)44-34(23-7-4-11-41-17-23)32-20-48(46-45-32)27-10-12-47(19-27)36(49)50-21-22-5-2-1-3-6-22/h1-9,11,13-15,17-18,20,27,34,44-46H,10,12,19,21H2,(H,42,43)/t27-,34?/m1/s1. The number of hydrazine groups is 2. The second-order valence-corrected chi connectivity index (χ2v) is 12.6. The lowest BCUT2D eigenvalue weighted by Crippen LogP contribution is -2.45. The Kier molecular flexibility index (Phi) is 9.53. The maximum atomic E-state index is 13.9. The minimum atomic E-state index is -0.553. The summed E-state index contributed by atoms with van der Waals surface area (Å²) in [6, 6.07) is 23.0. The number of likely N-dealkylation sites (tertiary alicyclic amines) is 1. The number of aromatic nitrogens is 2. The van der Waals surface area contributed by atoms with E-state index in [1.54, 1.807) is 23.4 Å². The average Bonchev–Trinajstić information content (AvgIpc) is 3.83. The zero-order valence-corrected chi connectivity index (χ0v) is 27.9. The predicted molar refractivity (Wildman–Crippen MR) is 190 cm³/mol. The van der Waals surface area contributed by atoms with Gasteiger partial charge < -0.3 is 25.7 Å². The van der Waals surface area contributed by atoms with Gasteiger partial charge in [-0.15, -0.1) is 5.53 Å². The van der Waals surface area contributed by atoms with E-state index >= 15 is 0 Å². The van der Waals surface area contributed by atoms with E-state index in [4.69, 9.17) is 27.9 Å². The van der Waals surface area contributed by atoms with Crippen molar-refractivity contribution in [2.24, 2.45) is 0 Å². The highest BCUT2D eigenvalue weighted by atomic mass is 35.5. The summed E-state index contributed by atoms with van der Waals surface area (Å²) in [6.45, 7) is 1.27. The quantitative estimate of drug-likeness (QED) is 0.123. The number of nitriles is 1. The van der Waals surface area contributed by atoms with Crippen molar-refractivity contribution in [3.8, 4) is 6.07 Å². The van der Waals surface area contributed by atoms with Crippen LogP contribution in [-0.4, -0.2) is 45.1 Å². The van der Waals surface area contributed by atoms with Gasteiger partial charge in [0.05, 0.1) is 44.6 Å². The molecule has 11 nitrogen and oxygen atoms in total. The maximum Gasteiger partial charge on any atom is 0.410 e. The number of fused-ring (bicyclic) bond motifs is 1. The van der Waals surface area contributed by atoms with E-state index in [0.717, 1.165) is 23.2 Å². The van der Waals surface area contributed by atoms with E-state index < -0.39 is 11.9 Å². The number of benzene rings is 3. The van der Waals surface area contributed by atoms with Crippen molar-refractivity contribution in [1.82, 2.24) is 30.8 Å². The summed E-state index contributed by atoms with van der Waals surface area (Å²) in [5.74, 6) is -0.553. The highest BCUT2D eigenvalue weighted by Gasteiger charge is 2.34. The van der Waals surface area contributed by atoms with Crippen molar-refractivity contribution >= 4 is 57.3 Å². The van der Waals surface area contributed by atoms with Crippen molar-refractivity contribution in [3.63, 3.8) is 0 Å². The van der Waals surface area contributed by atoms with E-state index in [0.29, 0.717) is 46.1 Å². The number of anilines is 3. The summed E-state index contributed by atoms with van der Waals surface area (Å²) in [5.41, 5.74) is 11.4. The van der Waals surface area contributed by atoms with Gasteiger partial charge in [-0.3, -0.25) is 15.0 Å². The predicted octanol–water partition coefficient (Wildman–Crippen LogP) is 7.42. The SMILES string of the molecule is N#Cc1cnc2c(Cl)cc(NC(C3=CN([C@@H]4CCN(C(=O)OCc5ccccc5)C4)NN3)c3cccnc3)cc2c1Nc1ccc(F)c(Cl)c1. The molecule has 1 unspecified atom stereocenters. The molecule has 2 aliphatic rings. The molecule has 7 rings (SSSR count). The van der Waals surface area contributed by atoms with E-state index in [1.807, 2.05) is 59.7 Å². The number of nitrogens with zero attached hydrogens (tertiary/aromatic N) is 5. The van der Waals surface area contributed by atoms with E-state index in [9.17, 15) is 14.4 Å². The molecular weight excluding hydrogens is 680 g/mol. The average molecular weight is 711 g/mol. The number of halogens is 3. The van der Waals surface area contributed by atoms with Crippen LogP contribution in [0, 0.1) is 17.1 Å². The van der Waals surface area contributed by atoms with Gasteiger partial charge in [0.1, 0.15) is 18.5 Å². The van der Waals surface area contributed by atoms with Crippen LogP contribution < -0.4 is 21.6 Å². The third-order valence-corrected chi connectivity index (χ3v) is 9.08. The molecule has 5 aromatic rings. The number of ether oxygens (including phenoxy) is 1. The molecule has 0 radical (unpaired) electrons. The summed E-state index contributed by atoms with van der Waals surface area (Å²) in [4.78, 5) is 23.3. The van der Waals surface area contributed by atoms with Gasteiger partial charge in [-0.2, -0.15) is 5.26 Å². The summed E-state index contributed by atoms with van der Waals surface area (Å²) in [5, 5.41) is 19.5. The number of carbonyl (C=O) groups is 1. The molecule has 3 aromatic carbocycles. The minimum absolute atomic E-state index is 0.00184. The lowest BCUT2D eigenvalue weighted by atomic mass is 10.0. The number of rotatable bonds is 9. The molecule has 1 fully saturated rings. The summed E-state index contributed by atoms with van der Waals surface area (Å²) >= 11 is 12.8. The lowest BCUT2D eigenvalue weighted by Gasteiger charge is -2.23. The first-order valence-corrected chi connectivity index (χ1v) is 16.5. The van der Waals surface area contributed by atoms with Crippen LogP contribution in [0.5, 0.6) is 0 Å². The molecule has 50 heavy (non-hydrogen) atoms. The van der Waals surface area contributed by atoms with Crippen molar-refractivity contribution < 1.29 is 13.9 Å². The number of hydrogen-bond acceptors (Lipinski definition) is 10. The first-order valence-electron chi connectivity index (χ1n) is 15.7. The van der Waals surface area contributed by atoms with Gasteiger partial charge in [0, 0.05) is 54.6 Å². The van der Waals surface area contributed by atoms with Crippen LogP contribution in [0.3, 0.4) is 0 Å². The Morgan fingerprint density at radius 2 is 1.92 bits per heavy atom. The summed E-state index contributed by atoms with van der Waals surface area (Å²) < 4.78 is 19.4. The second kappa shape index (κ2) is 14.5. The van der Waals surface area contributed by atoms with Crippen molar-refractivity contribution in [3.05, 3.63) is 136 Å².